The molecule has 0 spiro atoms. The highest BCUT2D eigenvalue weighted by atomic mass is 32.1. The van der Waals surface area contributed by atoms with E-state index in [0.29, 0.717) is 12.1 Å². The van der Waals surface area contributed by atoms with Crippen LogP contribution in [0.3, 0.4) is 0 Å². The van der Waals surface area contributed by atoms with Crippen LogP contribution >= 0.6 is 11.3 Å². The fourth-order valence-electron chi connectivity index (χ4n) is 3.74. The molecule has 0 bridgehead atoms. The molecule has 6 heteroatoms. The summed E-state index contributed by atoms with van der Waals surface area (Å²) in [6.07, 6.45) is 1.98. The van der Waals surface area contributed by atoms with E-state index < -0.39 is 0 Å². The number of carbonyl (C=O) groups is 1. The SMILES string of the molecule is CCC(=O)N(c1ccccc1F)[C@H]1CCN(CCc2cccs2)C[C@@H]1OC. The molecule has 1 fully saturated rings. The topological polar surface area (TPSA) is 32.8 Å². The maximum absolute atomic E-state index is 14.4. The second-order valence-electron chi connectivity index (χ2n) is 6.83. The monoisotopic (exact) mass is 390 g/mol. The second-order valence-corrected chi connectivity index (χ2v) is 7.86. The van der Waals surface area contributed by atoms with E-state index in [2.05, 4.69) is 22.4 Å². The first-order chi connectivity index (χ1) is 13.1. The zero-order valence-corrected chi connectivity index (χ0v) is 16.8. The molecule has 1 saturated heterocycles. The molecular formula is C21H27FN2O2S. The Morgan fingerprint density at radius 2 is 2.15 bits per heavy atom. The minimum absolute atomic E-state index is 0.0702. The van der Waals surface area contributed by atoms with Crippen LogP contribution in [0.2, 0.25) is 0 Å². The summed E-state index contributed by atoms with van der Waals surface area (Å²) in [6, 6.07) is 10.6. The molecule has 0 radical (unpaired) electrons. The van der Waals surface area contributed by atoms with Crippen LogP contribution in [0.15, 0.2) is 41.8 Å². The summed E-state index contributed by atoms with van der Waals surface area (Å²) in [5.74, 6) is -0.437. The molecule has 1 aromatic heterocycles. The van der Waals surface area contributed by atoms with Crippen LogP contribution in [0.1, 0.15) is 24.6 Å². The zero-order chi connectivity index (χ0) is 19.2. The highest BCUT2D eigenvalue weighted by Gasteiger charge is 2.37. The Hall–Kier alpha value is -1.76. The molecule has 0 N–H and O–H groups in total. The van der Waals surface area contributed by atoms with Gasteiger partial charge in [0.15, 0.2) is 0 Å². The summed E-state index contributed by atoms with van der Waals surface area (Å²) < 4.78 is 20.2. The van der Waals surface area contributed by atoms with E-state index in [1.165, 1.54) is 10.9 Å². The fourth-order valence-corrected chi connectivity index (χ4v) is 4.43. The predicted octanol–water partition coefficient (Wildman–Crippen LogP) is 3.96. The lowest BCUT2D eigenvalue weighted by Crippen LogP contribution is -2.57. The summed E-state index contributed by atoms with van der Waals surface area (Å²) in [5.41, 5.74) is 0.350. The van der Waals surface area contributed by atoms with Gasteiger partial charge >= 0.3 is 0 Å². The van der Waals surface area contributed by atoms with Crippen LogP contribution in [-0.4, -0.2) is 49.7 Å². The van der Waals surface area contributed by atoms with E-state index in [4.69, 9.17) is 4.74 Å². The molecule has 4 nitrogen and oxygen atoms in total. The third-order valence-corrected chi connectivity index (χ3v) is 6.12. The molecule has 27 heavy (non-hydrogen) atoms. The standard InChI is InChI=1S/C21H27FN2O2S/c1-3-21(25)24(18-9-5-4-8-17(18)22)19-11-13-23(15-20(19)26-2)12-10-16-7-6-14-27-16/h4-9,14,19-20H,3,10-13,15H2,1-2H3/t19-,20-/m0/s1. The van der Waals surface area contributed by atoms with Gasteiger partial charge in [0.2, 0.25) is 5.91 Å². The minimum Gasteiger partial charge on any atom is -0.378 e. The highest BCUT2D eigenvalue weighted by molar-refractivity contribution is 7.09. The molecule has 1 aliphatic heterocycles. The molecule has 1 aliphatic rings. The highest BCUT2D eigenvalue weighted by Crippen LogP contribution is 2.28. The Kier molecular flexibility index (Phi) is 6.99. The molecule has 2 heterocycles. The summed E-state index contributed by atoms with van der Waals surface area (Å²) in [7, 11) is 1.68. The quantitative estimate of drug-likeness (QED) is 0.717. The van der Waals surface area contributed by atoms with Crippen molar-refractivity contribution >= 4 is 22.9 Å². The Morgan fingerprint density at radius 1 is 1.33 bits per heavy atom. The van der Waals surface area contributed by atoms with Gasteiger partial charge in [-0.2, -0.15) is 0 Å². The van der Waals surface area contributed by atoms with Gasteiger partial charge in [-0.05, 0) is 36.4 Å². The van der Waals surface area contributed by atoms with Crippen molar-refractivity contribution in [3.8, 4) is 0 Å². The normalized spacial score (nSPS) is 20.6. The van der Waals surface area contributed by atoms with Gasteiger partial charge in [-0.1, -0.05) is 25.1 Å². The van der Waals surface area contributed by atoms with Crippen molar-refractivity contribution in [2.45, 2.75) is 38.3 Å². The van der Waals surface area contributed by atoms with Crippen LogP contribution in [0.25, 0.3) is 0 Å². The van der Waals surface area contributed by atoms with Crippen molar-refractivity contribution in [3.63, 3.8) is 0 Å². The summed E-state index contributed by atoms with van der Waals surface area (Å²) >= 11 is 1.78. The van der Waals surface area contributed by atoms with Gasteiger partial charge < -0.3 is 14.5 Å². The molecule has 1 aromatic carbocycles. The van der Waals surface area contributed by atoms with Gasteiger partial charge in [-0.3, -0.25) is 4.79 Å². The number of benzene rings is 1. The van der Waals surface area contributed by atoms with Gasteiger partial charge in [0.1, 0.15) is 5.82 Å². The third kappa shape index (κ3) is 4.75. The van der Waals surface area contributed by atoms with E-state index in [-0.39, 0.29) is 23.9 Å². The Morgan fingerprint density at radius 3 is 2.81 bits per heavy atom. The van der Waals surface area contributed by atoms with Crippen LogP contribution in [0, 0.1) is 5.82 Å². The van der Waals surface area contributed by atoms with Crippen molar-refractivity contribution in [3.05, 3.63) is 52.5 Å². The molecule has 0 aliphatic carbocycles. The van der Waals surface area contributed by atoms with E-state index in [9.17, 15) is 9.18 Å². The molecular weight excluding hydrogens is 363 g/mol. The lowest BCUT2D eigenvalue weighted by Gasteiger charge is -2.43. The number of hydrogen-bond donors (Lipinski definition) is 0. The first kappa shape index (κ1) is 20.0. The number of ether oxygens (including phenoxy) is 1. The van der Waals surface area contributed by atoms with E-state index in [1.54, 1.807) is 41.5 Å². The van der Waals surface area contributed by atoms with E-state index >= 15 is 0 Å². The molecule has 2 atom stereocenters. The maximum Gasteiger partial charge on any atom is 0.227 e. The molecule has 1 amide bonds. The summed E-state index contributed by atoms with van der Waals surface area (Å²) in [4.78, 5) is 18.1. The van der Waals surface area contributed by atoms with Gasteiger partial charge in [0.05, 0.1) is 17.8 Å². The number of carbonyl (C=O) groups excluding carboxylic acids is 1. The zero-order valence-electron chi connectivity index (χ0n) is 15.9. The third-order valence-electron chi connectivity index (χ3n) is 5.18. The van der Waals surface area contributed by atoms with Gasteiger partial charge in [0, 0.05) is 38.0 Å². The number of amides is 1. The number of nitrogens with zero attached hydrogens (tertiary/aromatic N) is 2. The van der Waals surface area contributed by atoms with Crippen LogP contribution in [0.4, 0.5) is 10.1 Å². The average molecular weight is 391 g/mol. The van der Waals surface area contributed by atoms with Crippen LogP contribution in [-0.2, 0) is 16.0 Å². The van der Waals surface area contributed by atoms with Crippen molar-refractivity contribution in [1.82, 2.24) is 4.90 Å². The van der Waals surface area contributed by atoms with Gasteiger partial charge in [-0.25, -0.2) is 4.39 Å². The smallest absolute Gasteiger partial charge is 0.227 e. The lowest BCUT2D eigenvalue weighted by atomic mass is 9.98. The molecule has 146 valence electrons. The van der Waals surface area contributed by atoms with Crippen molar-refractivity contribution in [2.75, 3.05) is 31.6 Å². The number of para-hydroxylation sites is 1. The summed E-state index contributed by atoms with van der Waals surface area (Å²) in [5, 5.41) is 2.10. The lowest BCUT2D eigenvalue weighted by molar-refractivity contribution is -0.120. The number of piperidine rings is 1. The van der Waals surface area contributed by atoms with Crippen molar-refractivity contribution in [2.24, 2.45) is 0 Å². The first-order valence-electron chi connectivity index (χ1n) is 9.48. The Bertz CT molecular complexity index is 738. The van der Waals surface area contributed by atoms with Crippen LogP contribution < -0.4 is 4.90 Å². The van der Waals surface area contributed by atoms with E-state index in [1.807, 2.05) is 6.92 Å². The number of anilines is 1. The number of hydrogen-bond acceptors (Lipinski definition) is 4. The van der Waals surface area contributed by atoms with Gasteiger partial charge in [0.25, 0.3) is 0 Å². The maximum atomic E-state index is 14.4. The largest absolute Gasteiger partial charge is 0.378 e. The van der Waals surface area contributed by atoms with Crippen LogP contribution in [0.5, 0.6) is 0 Å². The molecule has 0 saturated carbocycles. The number of thiophene rings is 1. The number of rotatable bonds is 7. The number of methoxy groups -OCH3 is 1. The minimum atomic E-state index is -0.366. The van der Waals surface area contributed by atoms with Crippen molar-refractivity contribution in [1.29, 1.82) is 0 Å². The molecule has 0 unspecified atom stereocenters. The number of halogens is 1. The second kappa shape index (κ2) is 9.44. The molecule has 3 rings (SSSR count). The van der Waals surface area contributed by atoms with Gasteiger partial charge in [-0.15, -0.1) is 11.3 Å². The fraction of sp³-hybridized carbons (Fsp3) is 0.476. The average Bonchev–Trinajstić information content (AvgIpc) is 3.22. The number of likely N-dealkylation sites (tertiary alicyclic amines) is 1. The Balaban J connectivity index is 1.73. The van der Waals surface area contributed by atoms with Crippen molar-refractivity contribution < 1.29 is 13.9 Å². The first-order valence-corrected chi connectivity index (χ1v) is 10.4. The molecule has 2 aromatic rings. The van der Waals surface area contributed by atoms with E-state index in [0.717, 1.165) is 32.5 Å². The summed E-state index contributed by atoms with van der Waals surface area (Å²) in [6.45, 7) is 4.40. The predicted molar refractivity (Wildman–Crippen MR) is 108 cm³/mol. The Labute approximate surface area is 164 Å².